The molecule has 5 heteroatoms. The summed E-state index contributed by atoms with van der Waals surface area (Å²) in [5.74, 6) is -0.864. The number of aromatic carboxylic acids is 1. The van der Waals surface area contributed by atoms with Gasteiger partial charge >= 0.3 is 5.97 Å². The lowest BCUT2D eigenvalue weighted by atomic mass is 9.86. The Labute approximate surface area is 168 Å². The van der Waals surface area contributed by atoms with E-state index in [1.54, 1.807) is 6.07 Å². The van der Waals surface area contributed by atoms with E-state index in [0.29, 0.717) is 17.6 Å². The smallest absolute Gasteiger partial charge is 0.335 e. The van der Waals surface area contributed by atoms with E-state index in [0.717, 1.165) is 18.5 Å². The number of carbonyl (C=O) groups is 1. The molecule has 27 heavy (non-hydrogen) atoms. The summed E-state index contributed by atoms with van der Waals surface area (Å²) in [5.41, 5.74) is 1.98. The number of nitrogens with one attached hydrogen (secondary N) is 1. The third kappa shape index (κ3) is 5.98. The van der Waals surface area contributed by atoms with E-state index in [1.807, 2.05) is 30.3 Å². The van der Waals surface area contributed by atoms with E-state index in [2.05, 4.69) is 27.7 Å². The van der Waals surface area contributed by atoms with Crippen LogP contribution in [0.3, 0.4) is 0 Å². The van der Waals surface area contributed by atoms with E-state index in [-0.39, 0.29) is 29.6 Å². The van der Waals surface area contributed by atoms with Gasteiger partial charge in [0.25, 0.3) is 0 Å². The number of carboxylic acids is 1. The number of aromatic hydroxyl groups is 1. The molecule has 0 aromatic heterocycles. The SMILES string of the molecule is CC(C)[NH+](CC[C@H](c1ccccc1)c1cc(C(=O)O)ccc1O)C(C)C.[Cl-]. The Bertz CT molecular complexity index is 724. The normalized spacial score (nSPS) is 12.3. The van der Waals surface area contributed by atoms with E-state index >= 15 is 0 Å². The van der Waals surface area contributed by atoms with Gasteiger partial charge < -0.3 is 27.5 Å². The summed E-state index contributed by atoms with van der Waals surface area (Å²) in [4.78, 5) is 12.9. The number of hydrogen-bond acceptors (Lipinski definition) is 2. The lowest BCUT2D eigenvalue weighted by Crippen LogP contribution is -3.17. The maximum absolute atomic E-state index is 11.4. The van der Waals surface area contributed by atoms with Gasteiger partial charge in [-0.05, 0) is 51.5 Å². The van der Waals surface area contributed by atoms with Gasteiger partial charge in [-0.3, -0.25) is 0 Å². The van der Waals surface area contributed by atoms with Crippen LogP contribution in [0.4, 0.5) is 0 Å². The van der Waals surface area contributed by atoms with Crippen LogP contribution in [-0.4, -0.2) is 34.8 Å². The van der Waals surface area contributed by atoms with Crippen LogP contribution in [0, 0.1) is 0 Å². The molecule has 0 bridgehead atoms. The lowest BCUT2D eigenvalue weighted by Gasteiger charge is -2.29. The quantitative estimate of drug-likeness (QED) is 0.607. The standard InChI is InChI=1S/C22H29NO3.ClH/c1-15(2)23(16(3)4)13-12-19(17-8-6-5-7-9-17)20-14-18(22(25)26)10-11-21(20)24;/h5-11,14-16,19,24H,12-13H2,1-4H3,(H,25,26);1H/t19-;/m1./s1. The van der Waals surface area contributed by atoms with Crippen LogP contribution in [0.15, 0.2) is 48.5 Å². The zero-order valence-corrected chi connectivity index (χ0v) is 17.2. The van der Waals surface area contributed by atoms with Crippen molar-refractivity contribution in [3.05, 3.63) is 65.2 Å². The van der Waals surface area contributed by atoms with E-state index in [9.17, 15) is 15.0 Å². The Hall–Kier alpha value is -2.04. The topological polar surface area (TPSA) is 62.0 Å². The van der Waals surface area contributed by atoms with Gasteiger partial charge in [0.05, 0.1) is 24.2 Å². The molecule has 0 fully saturated rings. The highest BCUT2D eigenvalue weighted by Crippen LogP contribution is 2.34. The maximum atomic E-state index is 11.4. The van der Waals surface area contributed by atoms with Crippen molar-refractivity contribution in [1.29, 1.82) is 0 Å². The largest absolute Gasteiger partial charge is 1.00 e. The predicted octanol–water partition coefficient (Wildman–Crippen LogP) is 0.318. The van der Waals surface area contributed by atoms with Crippen molar-refractivity contribution in [2.75, 3.05) is 6.54 Å². The minimum atomic E-state index is -0.977. The van der Waals surface area contributed by atoms with Crippen LogP contribution >= 0.6 is 0 Å². The molecule has 2 aromatic rings. The van der Waals surface area contributed by atoms with Crippen LogP contribution in [0.1, 0.15) is 61.5 Å². The molecule has 0 radical (unpaired) electrons. The molecule has 0 heterocycles. The molecule has 0 spiro atoms. The van der Waals surface area contributed by atoms with Gasteiger partial charge in [-0.25, -0.2) is 4.79 Å². The summed E-state index contributed by atoms with van der Waals surface area (Å²) in [6.45, 7) is 9.82. The lowest BCUT2D eigenvalue weighted by molar-refractivity contribution is -0.942. The molecule has 0 saturated carbocycles. The van der Waals surface area contributed by atoms with Crippen LogP contribution in [0.5, 0.6) is 5.75 Å². The highest BCUT2D eigenvalue weighted by Gasteiger charge is 2.24. The van der Waals surface area contributed by atoms with Crippen LogP contribution in [0.25, 0.3) is 0 Å². The fourth-order valence-corrected chi connectivity index (χ4v) is 3.71. The number of halogens is 1. The van der Waals surface area contributed by atoms with Crippen molar-refractivity contribution >= 4 is 5.97 Å². The summed E-state index contributed by atoms with van der Waals surface area (Å²) in [7, 11) is 0. The average molecular weight is 392 g/mol. The zero-order valence-electron chi connectivity index (χ0n) is 16.4. The Morgan fingerprint density at radius 1 is 1.00 bits per heavy atom. The molecular weight excluding hydrogens is 362 g/mol. The van der Waals surface area contributed by atoms with E-state index < -0.39 is 5.97 Å². The van der Waals surface area contributed by atoms with Crippen molar-refractivity contribution in [2.24, 2.45) is 0 Å². The molecule has 2 aromatic carbocycles. The number of phenols is 1. The number of hydrogen-bond donors (Lipinski definition) is 3. The molecule has 0 unspecified atom stereocenters. The first kappa shape index (κ1) is 23.0. The first-order valence-corrected chi connectivity index (χ1v) is 9.28. The Kier molecular flexibility index (Phi) is 8.80. The molecule has 3 N–H and O–H groups in total. The molecule has 0 amide bonds. The van der Waals surface area contributed by atoms with Crippen LogP contribution in [0.2, 0.25) is 0 Å². The van der Waals surface area contributed by atoms with Crippen LogP contribution in [-0.2, 0) is 0 Å². The average Bonchev–Trinajstić information content (AvgIpc) is 2.59. The molecule has 0 aliphatic carbocycles. The van der Waals surface area contributed by atoms with Crippen molar-refractivity contribution in [2.45, 2.75) is 52.1 Å². The fraction of sp³-hybridized carbons (Fsp3) is 0.409. The van der Waals surface area contributed by atoms with E-state index in [1.165, 1.54) is 17.0 Å². The first-order valence-electron chi connectivity index (χ1n) is 9.28. The van der Waals surface area contributed by atoms with Gasteiger partial charge in [-0.15, -0.1) is 0 Å². The summed E-state index contributed by atoms with van der Waals surface area (Å²) in [5, 5.41) is 19.8. The first-order chi connectivity index (χ1) is 12.3. The van der Waals surface area contributed by atoms with Crippen LogP contribution < -0.4 is 17.3 Å². The minimum absolute atomic E-state index is 0. The molecule has 2 rings (SSSR count). The maximum Gasteiger partial charge on any atom is 0.335 e. The number of benzene rings is 2. The second-order valence-corrected chi connectivity index (χ2v) is 7.47. The fourth-order valence-electron chi connectivity index (χ4n) is 3.71. The highest BCUT2D eigenvalue weighted by molar-refractivity contribution is 5.88. The van der Waals surface area contributed by atoms with Crippen molar-refractivity contribution < 1.29 is 32.3 Å². The number of phenolic OH excluding ortho intramolecular Hbond substituents is 1. The second kappa shape index (κ2) is 10.3. The summed E-state index contributed by atoms with van der Waals surface area (Å²) < 4.78 is 0. The van der Waals surface area contributed by atoms with Gasteiger partial charge in [-0.1, -0.05) is 30.3 Å². The molecule has 0 aliphatic rings. The third-order valence-electron chi connectivity index (χ3n) is 5.06. The Morgan fingerprint density at radius 2 is 1.59 bits per heavy atom. The summed E-state index contributed by atoms with van der Waals surface area (Å²) >= 11 is 0. The predicted molar refractivity (Wildman–Crippen MR) is 104 cm³/mol. The van der Waals surface area contributed by atoms with Crippen molar-refractivity contribution in [3.63, 3.8) is 0 Å². The molecule has 148 valence electrons. The molecule has 4 nitrogen and oxygen atoms in total. The van der Waals surface area contributed by atoms with Gasteiger partial charge in [0.15, 0.2) is 0 Å². The molecular formula is C22H30ClNO3. The molecule has 0 saturated heterocycles. The van der Waals surface area contributed by atoms with Gasteiger partial charge in [0.1, 0.15) is 5.75 Å². The second-order valence-electron chi connectivity index (χ2n) is 7.47. The van der Waals surface area contributed by atoms with Gasteiger partial charge in [0, 0.05) is 17.9 Å². The Morgan fingerprint density at radius 3 is 2.11 bits per heavy atom. The molecule has 1 atom stereocenters. The van der Waals surface area contributed by atoms with E-state index in [4.69, 9.17) is 0 Å². The van der Waals surface area contributed by atoms with Gasteiger partial charge in [0.2, 0.25) is 0 Å². The number of quaternary nitrogens is 1. The minimum Gasteiger partial charge on any atom is -1.00 e. The third-order valence-corrected chi connectivity index (χ3v) is 5.06. The molecule has 0 aliphatic heterocycles. The highest BCUT2D eigenvalue weighted by atomic mass is 35.5. The monoisotopic (exact) mass is 391 g/mol. The van der Waals surface area contributed by atoms with Gasteiger partial charge in [-0.2, -0.15) is 0 Å². The number of carboxylic acid groups (broad SMARTS) is 1. The summed E-state index contributed by atoms with van der Waals surface area (Å²) in [6.07, 6.45) is 0.840. The van der Waals surface area contributed by atoms with Crippen molar-refractivity contribution in [3.8, 4) is 5.75 Å². The summed E-state index contributed by atoms with van der Waals surface area (Å²) in [6, 6.07) is 15.6. The van der Waals surface area contributed by atoms with Crippen molar-refractivity contribution in [1.82, 2.24) is 0 Å². The Balaban J connectivity index is 0.00000364. The number of rotatable bonds is 8. The zero-order chi connectivity index (χ0) is 19.3.